The predicted octanol–water partition coefficient (Wildman–Crippen LogP) is 4.54. The van der Waals surface area contributed by atoms with Gasteiger partial charge in [-0.3, -0.25) is 0 Å². The number of nitrogens with one attached hydrogen (secondary N) is 1. The van der Waals surface area contributed by atoms with Crippen molar-refractivity contribution in [2.75, 3.05) is 19.8 Å². The van der Waals surface area contributed by atoms with Crippen molar-refractivity contribution in [2.24, 2.45) is 11.8 Å². The van der Waals surface area contributed by atoms with Crippen molar-refractivity contribution in [1.82, 2.24) is 5.32 Å². The van der Waals surface area contributed by atoms with Gasteiger partial charge in [0.15, 0.2) is 0 Å². The molecule has 126 valence electrons. The lowest BCUT2D eigenvalue weighted by Gasteiger charge is -2.26. The first kappa shape index (κ1) is 18.8. The fourth-order valence-electron chi connectivity index (χ4n) is 3.13. The molecular formula is C16H30F3NO. The molecule has 0 spiro atoms. The highest BCUT2D eigenvalue weighted by molar-refractivity contribution is 4.76. The lowest BCUT2D eigenvalue weighted by atomic mass is 9.84. The minimum absolute atomic E-state index is 0.223. The molecule has 0 aromatic heterocycles. The second-order valence-corrected chi connectivity index (χ2v) is 6.53. The molecule has 0 aromatic carbocycles. The van der Waals surface area contributed by atoms with E-state index in [-0.39, 0.29) is 6.61 Å². The number of hydrogen-bond donors (Lipinski definition) is 1. The molecule has 2 nitrogen and oxygen atoms in total. The van der Waals surface area contributed by atoms with Gasteiger partial charge in [0.05, 0.1) is 0 Å². The van der Waals surface area contributed by atoms with Gasteiger partial charge in [-0.25, -0.2) is 0 Å². The minimum atomic E-state index is -4.20. The second kappa shape index (κ2) is 9.67. The zero-order chi connectivity index (χ0) is 15.7. The molecule has 5 heteroatoms. The Kier molecular flexibility index (Phi) is 8.64. The van der Waals surface area contributed by atoms with Crippen molar-refractivity contribution in [2.45, 2.75) is 71.0 Å². The van der Waals surface area contributed by atoms with Gasteiger partial charge in [0.1, 0.15) is 6.61 Å². The number of alkyl halides is 3. The normalized spacial score (nSPS) is 24.3. The Labute approximate surface area is 126 Å². The molecule has 0 bridgehead atoms. The number of ether oxygens (including phenoxy) is 1. The zero-order valence-corrected chi connectivity index (χ0v) is 13.3. The van der Waals surface area contributed by atoms with E-state index in [0.29, 0.717) is 17.9 Å². The first-order valence-electron chi connectivity index (χ1n) is 8.26. The lowest BCUT2D eigenvalue weighted by Crippen LogP contribution is -2.32. The van der Waals surface area contributed by atoms with Gasteiger partial charge in [0.25, 0.3) is 0 Å². The van der Waals surface area contributed by atoms with E-state index in [9.17, 15) is 13.2 Å². The molecule has 1 aliphatic carbocycles. The molecule has 0 heterocycles. The van der Waals surface area contributed by atoms with Crippen LogP contribution in [0.4, 0.5) is 13.2 Å². The molecule has 1 aliphatic rings. The predicted molar refractivity (Wildman–Crippen MR) is 79.3 cm³/mol. The van der Waals surface area contributed by atoms with Crippen LogP contribution in [0.5, 0.6) is 0 Å². The van der Waals surface area contributed by atoms with Crippen LogP contribution in [0.3, 0.4) is 0 Å². The van der Waals surface area contributed by atoms with Crippen LogP contribution in [-0.4, -0.2) is 32.0 Å². The second-order valence-electron chi connectivity index (χ2n) is 6.53. The van der Waals surface area contributed by atoms with Crippen LogP contribution in [0.2, 0.25) is 0 Å². The van der Waals surface area contributed by atoms with Crippen molar-refractivity contribution in [3.63, 3.8) is 0 Å². The molecule has 0 aromatic rings. The van der Waals surface area contributed by atoms with Crippen LogP contribution >= 0.6 is 0 Å². The molecule has 0 aliphatic heterocycles. The highest BCUT2D eigenvalue weighted by Crippen LogP contribution is 2.31. The van der Waals surface area contributed by atoms with Crippen molar-refractivity contribution >= 4 is 0 Å². The molecule has 1 rings (SSSR count). The quantitative estimate of drug-likeness (QED) is 0.525. The Balaban J connectivity index is 2.27. The largest absolute Gasteiger partial charge is 0.411 e. The third-order valence-corrected chi connectivity index (χ3v) is 4.23. The van der Waals surface area contributed by atoms with Gasteiger partial charge in [-0.15, -0.1) is 0 Å². The van der Waals surface area contributed by atoms with Crippen LogP contribution in [0.1, 0.15) is 58.8 Å². The summed E-state index contributed by atoms with van der Waals surface area (Å²) in [5, 5.41) is 3.51. The molecule has 2 unspecified atom stereocenters. The summed E-state index contributed by atoms with van der Waals surface area (Å²) in [6.07, 6.45) is 3.81. The Bertz CT molecular complexity index is 269. The summed E-state index contributed by atoms with van der Waals surface area (Å²) in [4.78, 5) is 0. The Hall–Kier alpha value is -0.290. The maximum Gasteiger partial charge on any atom is 0.411 e. The average Bonchev–Trinajstić information content (AvgIpc) is 2.60. The van der Waals surface area contributed by atoms with Gasteiger partial charge in [-0.05, 0) is 37.6 Å². The van der Waals surface area contributed by atoms with Crippen molar-refractivity contribution < 1.29 is 17.9 Å². The summed E-state index contributed by atoms with van der Waals surface area (Å²) >= 11 is 0. The fourth-order valence-corrected chi connectivity index (χ4v) is 3.13. The number of halogens is 3. The smallest absolute Gasteiger partial charge is 0.372 e. The van der Waals surface area contributed by atoms with E-state index in [1.807, 2.05) is 0 Å². The Morgan fingerprint density at radius 1 is 1.10 bits per heavy atom. The SMILES string of the molecule is CC(C)NCC1CCCCCC1CCCOCC(F)(F)F. The van der Waals surface area contributed by atoms with Crippen molar-refractivity contribution in [3.8, 4) is 0 Å². The van der Waals surface area contributed by atoms with Crippen LogP contribution in [-0.2, 0) is 4.74 Å². The molecule has 0 saturated heterocycles. The van der Waals surface area contributed by atoms with Crippen LogP contribution in [0, 0.1) is 11.8 Å². The van der Waals surface area contributed by atoms with Gasteiger partial charge in [0, 0.05) is 12.6 Å². The standard InChI is InChI=1S/C16H30F3NO/c1-13(2)20-11-15-8-5-3-4-7-14(15)9-6-10-21-12-16(17,18)19/h13-15,20H,3-12H2,1-2H3. The van der Waals surface area contributed by atoms with Crippen molar-refractivity contribution in [1.29, 1.82) is 0 Å². The van der Waals surface area contributed by atoms with Crippen LogP contribution in [0.15, 0.2) is 0 Å². The lowest BCUT2D eigenvalue weighted by molar-refractivity contribution is -0.174. The summed E-state index contributed by atoms with van der Waals surface area (Å²) in [5.74, 6) is 1.30. The number of hydrogen-bond acceptors (Lipinski definition) is 2. The third kappa shape index (κ3) is 9.35. The summed E-state index contributed by atoms with van der Waals surface area (Å²) in [7, 11) is 0. The van der Waals surface area contributed by atoms with Crippen molar-refractivity contribution in [3.05, 3.63) is 0 Å². The van der Waals surface area contributed by atoms with Gasteiger partial charge in [0.2, 0.25) is 0 Å². The van der Waals surface area contributed by atoms with E-state index in [4.69, 9.17) is 4.74 Å². The van der Waals surface area contributed by atoms with E-state index < -0.39 is 12.8 Å². The first-order chi connectivity index (χ1) is 9.88. The number of rotatable bonds is 8. The molecule has 0 amide bonds. The summed E-state index contributed by atoms with van der Waals surface area (Å²) in [6.45, 7) is 4.44. The van der Waals surface area contributed by atoms with E-state index in [0.717, 1.165) is 19.4 Å². The summed E-state index contributed by atoms with van der Waals surface area (Å²) < 4.78 is 40.7. The molecule has 1 saturated carbocycles. The molecule has 0 radical (unpaired) electrons. The maximum atomic E-state index is 12.0. The average molecular weight is 309 g/mol. The molecule has 1 N–H and O–H groups in total. The zero-order valence-electron chi connectivity index (χ0n) is 13.3. The van der Waals surface area contributed by atoms with E-state index in [1.54, 1.807) is 0 Å². The topological polar surface area (TPSA) is 21.3 Å². The highest BCUT2D eigenvalue weighted by Gasteiger charge is 2.27. The molecule has 1 fully saturated rings. The molecule has 2 atom stereocenters. The third-order valence-electron chi connectivity index (χ3n) is 4.23. The Morgan fingerprint density at radius 3 is 2.38 bits per heavy atom. The molecular weight excluding hydrogens is 279 g/mol. The van der Waals surface area contributed by atoms with E-state index >= 15 is 0 Å². The summed E-state index contributed by atoms with van der Waals surface area (Å²) in [5.41, 5.74) is 0. The van der Waals surface area contributed by atoms with Crippen LogP contribution < -0.4 is 5.32 Å². The summed E-state index contributed by atoms with van der Waals surface area (Å²) in [6, 6.07) is 0.490. The monoisotopic (exact) mass is 309 g/mol. The van der Waals surface area contributed by atoms with Gasteiger partial charge in [-0.1, -0.05) is 39.5 Å². The highest BCUT2D eigenvalue weighted by atomic mass is 19.4. The van der Waals surface area contributed by atoms with Gasteiger partial charge >= 0.3 is 6.18 Å². The van der Waals surface area contributed by atoms with E-state index in [1.165, 1.54) is 32.1 Å². The first-order valence-corrected chi connectivity index (χ1v) is 8.26. The maximum absolute atomic E-state index is 12.0. The Morgan fingerprint density at radius 2 is 1.76 bits per heavy atom. The molecule has 21 heavy (non-hydrogen) atoms. The minimum Gasteiger partial charge on any atom is -0.372 e. The van der Waals surface area contributed by atoms with Gasteiger partial charge in [-0.2, -0.15) is 13.2 Å². The van der Waals surface area contributed by atoms with Gasteiger partial charge < -0.3 is 10.1 Å². The van der Waals surface area contributed by atoms with E-state index in [2.05, 4.69) is 19.2 Å². The van der Waals surface area contributed by atoms with Crippen LogP contribution in [0.25, 0.3) is 0 Å². The fraction of sp³-hybridized carbons (Fsp3) is 1.00.